The number of nitrogens with zero attached hydrogens (tertiary/aromatic N) is 1. The van der Waals surface area contributed by atoms with Gasteiger partial charge in [0.2, 0.25) is 5.91 Å². The van der Waals surface area contributed by atoms with Crippen molar-refractivity contribution in [2.45, 2.75) is 31.6 Å². The van der Waals surface area contributed by atoms with Gasteiger partial charge in [0.15, 0.2) is 0 Å². The fourth-order valence-electron chi connectivity index (χ4n) is 2.84. The highest BCUT2D eigenvalue weighted by atomic mass is 19.1. The second kappa shape index (κ2) is 8.82. The van der Waals surface area contributed by atoms with Gasteiger partial charge in [-0.15, -0.1) is 0 Å². The molecule has 2 aromatic rings. The van der Waals surface area contributed by atoms with Gasteiger partial charge in [0.05, 0.1) is 31.4 Å². The Labute approximate surface area is 150 Å². The summed E-state index contributed by atoms with van der Waals surface area (Å²) in [5, 5.41) is 2.81. The summed E-state index contributed by atoms with van der Waals surface area (Å²) in [4.78, 5) is 16.4. The molecule has 2 atom stereocenters. The largest absolute Gasteiger partial charge is 0.379 e. The standard InChI is InChI=1S/C19H20F2N2O3/c20-15-5-3-6-16(21)14(15)10-19(24)23-17-7-9-25-12-18(17)26-11-13-4-1-2-8-22-13/h1-6,8,17-18H,7,9-12H2,(H,23,24)/t17-,18-/m1/s1. The summed E-state index contributed by atoms with van der Waals surface area (Å²) in [6.45, 7) is 1.12. The van der Waals surface area contributed by atoms with Crippen LogP contribution in [0.2, 0.25) is 0 Å². The number of pyridine rings is 1. The molecule has 26 heavy (non-hydrogen) atoms. The molecule has 1 aromatic carbocycles. The zero-order valence-corrected chi connectivity index (χ0v) is 14.2. The predicted molar refractivity (Wildman–Crippen MR) is 90.2 cm³/mol. The van der Waals surface area contributed by atoms with Gasteiger partial charge in [-0.25, -0.2) is 8.78 Å². The van der Waals surface area contributed by atoms with Crippen LogP contribution < -0.4 is 5.32 Å². The van der Waals surface area contributed by atoms with E-state index >= 15 is 0 Å². The van der Waals surface area contributed by atoms with E-state index in [1.165, 1.54) is 6.07 Å². The van der Waals surface area contributed by atoms with Gasteiger partial charge in [0.1, 0.15) is 17.7 Å². The van der Waals surface area contributed by atoms with Crippen molar-refractivity contribution >= 4 is 5.91 Å². The Bertz CT molecular complexity index is 723. The van der Waals surface area contributed by atoms with E-state index in [1.807, 2.05) is 18.2 Å². The number of benzene rings is 1. The topological polar surface area (TPSA) is 60.5 Å². The number of ether oxygens (including phenoxy) is 2. The van der Waals surface area contributed by atoms with Gasteiger partial charge >= 0.3 is 0 Å². The van der Waals surface area contributed by atoms with Crippen LogP contribution in [-0.2, 0) is 27.3 Å². The highest BCUT2D eigenvalue weighted by molar-refractivity contribution is 5.79. The lowest BCUT2D eigenvalue weighted by atomic mass is 10.0. The summed E-state index contributed by atoms with van der Waals surface area (Å²) in [6.07, 6.45) is 1.54. The molecule has 1 N–H and O–H groups in total. The second-order valence-corrected chi connectivity index (χ2v) is 6.09. The Hall–Kier alpha value is -2.38. The van der Waals surface area contributed by atoms with Crippen molar-refractivity contribution in [2.24, 2.45) is 0 Å². The van der Waals surface area contributed by atoms with Crippen LogP contribution in [0.25, 0.3) is 0 Å². The number of rotatable bonds is 6. The number of hydrogen-bond donors (Lipinski definition) is 1. The molecular formula is C19H20F2N2O3. The van der Waals surface area contributed by atoms with Crippen molar-refractivity contribution in [2.75, 3.05) is 13.2 Å². The average Bonchev–Trinajstić information content (AvgIpc) is 2.65. The lowest BCUT2D eigenvalue weighted by molar-refractivity contribution is -0.126. The first-order valence-electron chi connectivity index (χ1n) is 8.45. The van der Waals surface area contributed by atoms with Crippen LogP contribution in [0.3, 0.4) is 0 Å². The Kier molecular flexibility index (Phi) is 6.25. The monoisotopic (exact) mass is 362 g/mol. The molecule has 0 unspecified atom stereocenters. The molecule has 5 nitrogen and oxygen atoms in total. The van der Waals surface area contributed by atoms with E-state index in [4.69, 9.17) is 9.47 Å². The summed E-state index contributed by atoms with van der Waals surface area (Å²) >= 11 is 0. The lowest BCUT2D eigenvalue weighted by Crippen LogP contribution is -2.50. The molecule has 1 aliphatic rings. The number of aromatic nitrogens is 1. The maximum atomic E-state index is 13.7. The van der Waals surface area contributed by atoms with Crippen LogP contribution in [0.5, 0.6) is 0 Å². The van der Waals surface area contributed by atoms with E-state index in [2.05, 4.69) is 10.3 Å². The number of carbonyl (C=O) groups excluding carboxylic acids is 1. The quantitative estimate of drug-likeness (QED) is 0.857. The summed E-state index contributed by atoms with van der Waals surface area (Å²) in [5.74, 6) is -1.91. The highest BCUT2D eigenvalue weighted by Gasteiger charge is 2.28. The van der Waals surface area contributed by atoms with Crippen molar-refractivity contribution in [1.82, 2.24) is 10.3 Å². The van der Waals surface area contributed by atoms with E-state index in [1.54, 1.807) is 6.20 Å². The SMILES string of the molecule is O=C(Cc1c(F)cccc1F)N[C@@H]1CCOC[C@H]1OCc1ccccn1. The summed E-state index contributed by atoms with van der Waals surface area (Å²) < 4.78 is 38.7. The van der Waals surface area contributed by atoms with Crippen molar-refractivity contribution in [3.63, 3.8) is 0 Å². The third-order valence-electron chi connectivity index (χ3n) is 4.22. The number of carbonyl (C=O) groups is 1. The summed E-state index contributed by atoms with van der Waals surface area (Å²) in [7, 11) is 0. The Morgan fingerprint density at radius 3 is 2.77 bits per heavy atom. The second-order valence-electron chi connectivity index (χ2n) is 6.09. The van der Waals surface area contributed by atoms with Crippen molar-refractivity contribution in [1.29, 1.82) is 0 Å². The van der Waals surface area contributed by atoms with E-state index in [-0.39, 0.29) is 24.1 Å². The first kappa shape index (κ1) is 18.4. The van der Waals surface area contributed by atoms with Gasteiger partial charge in [-0.05, 0) is 30.7 Å². The molecular weight excluding hydrogens is 342 g/mol. The molecule has 0 radical (unpaired) electrons. The number of nitrogens with one attached hydrogen (secondary N) is 1. The smallest absolute Gasteiger partial charge is 0.224 e. The predicted octanol–water partition coefficient (Wildman–Crippen LogP) is 2.39. The fraction of sp³-hybridized carbons (Fsp3) is 0.368. The van der Waals surface area contributed by atoms with Gasteiger partial charge < -0.3 is 14.8 Å². The molecule has 7 heteroatoms. The van der Waals surface area contributed by atoms with E-state index in [0.29, 0.717) is 26.2 Å². The Morgan fingerprint density at radius 1 is 1.23 bits per heavy atom. The van der Waals surface area contributed by atoms with Crippen LogP contribution in [0.15, 0.2) is 42.6 Å². The molecule has 0 saturated carbocycles. The maximum absolute atomic E-state index is 13.7. The molecule has 0 aliphatic carbocycles. The zero-order chi connectivity index (χ0) is 18.4. The molecule has 3 rings (SSSR count). The average molecular weight is 362 g/mol. The minimum Gasteiger partial charge on any atom is -0.379 e. The number of hydrogen-bond acceptors (Lipinski definition) is 4. The van der Waals surface area contributed by atoms with E-state index in [0.717, 1.165) is 17.8 Å². The molecule has 138 valence electrons. The van der Waals surface area contributed by atoms with Gasteiger partial charge in [0, 0.05) is 18.4 Å². The first-order chi connectivity index (χ1) is 12.6. The Morgan fingerprint density at radius 2 is 2.04 bits per heavy atom. The zero-order valence-electron chi connectivity index (χ0n) is 14.2. The van der Waals surface area contributed by atoms with Crippen molar-refractivity contribution < 1.29 is 23.0 Å². The molecule has 1 aromatic heterocycles. The normalized spacial score (nSPS) is 19.9. The van der Waals surface area contributed by atoms with Crippen molar-refractivity contribution in [3.05, 3.63) is 65.5 Å². The molecule has 0 spiro atoms. The minimum atomic E-state index is -0.727. The van der Waals surface area contributed by atoms with Crippen LogP contribution in [0.4, 0.5) is 8.78 Å². The van der Waals surface area contributed by atoms with Gasteiger partial charge in [-0.2, -0.15) is 0 Å². The molecule has 1 saturated heterocycles. The molecule has 1 fully saturated rings. The van der Waals surface area contributed by atoms with Crippen LogP contribution in [-0.4, -0.2) is 36.3 Å². The molecule has 1 aliphatic heterocycles. The highest BCUT2D eigenvalue weighted by Crippen LogP contribution is 2.16. The maximum Gasteiger partial charge on any atom is 0.224 e. The minimum absolute atomic E-state index is 0.233. The van der Waals surface area contributed by atoms with Crippen molar-refractivity contribution in [3.8, 4) is 0 Å². The van der Waals surface area contributed by atoms with E-state index < -0.39 is 17.5 Å². The molecule has 0 bridgehead atoms. The molecule has 1 amide bonds. The van der Waals surface area contributed by atoms with Gasteiger partial charge in [-0.3, -0.25) is 9.78 Å². The first-order valence-corrected chi connectivity index (χ1v) is 8.45. The lowest BCUT2D eigenvalue weighted by Gasteiger charge is -2.32. The van der Waals surface area contributed by atoms with Gasteiger partial charge in [-0.1, -0.05) is 12.1 Å². The third-order valence-corrected chi connectivity index (χ3v) is 4.22. The number of halogens is 2. The van der Waals surface area contributed by atoms with Gasteiger partial charge in [0.25, 0.3) is 0 Å². The number of amides is 1. The Balaban J connectivity index is 1.58. The summed E-state index contributed by atoms with van der Waals surface area (Å²) in [5.41, 5.74) is 0.541. The summed E-state index contributed by atoms with van der Waals surface area (Å²) in [6, 6.07) is 8.79. The van der Waals surface area contributed by atoms with Crippen LogP contribution >= 0.6 is 0 Å². The third kappa shape index (κ3) is 4.83. The fourth-order valence-corrected chi connectivity index (χ4v) is 2.84. The van der Waals surface area contributed by atoms with Crippen LogP contribution in [0, 0.1) is 11.6 Å². The van der Waals surface area contributed by atoms with E-state index in [9.17, 15) is 13.6 Å². The molecule has 2 heterocycles. The van der Waals surface area contributed by atoms with Crippen LogP contribution in [0.1, 0.15) is 17.7 Å².